The Morgan fingerprint density at radius 2 is 1.59 bits per heavy atom. The van der Waals surface area contributed by atoms with Crippen molar-refractivity contribution in [2.45, 2.75) is 91.1 Å². The molecule has 22 heavy (non-hydrogen) atoms. The van der Waals surface area contributed by atoms with E-state index in [0.717, 1.165) is 42.4 Å². The second kappa shape index (κ2) is 5.23. The van der Waals surface area contributed by atoms with Crippen molar-refractivity contribution < 1.29 is 5.11 Å². The SMILES string of the molecule is CC[C@H]1CC[C@H]2[C@@H]3CC[C@H]4C[C@H](O)CC[C@]4(C)[C@H]3CC[C@]12C. The maximum absolute atomic E-state index is 10.1. The van der Waals surface area contributed by atoms with E-state index >= 15 is 0 Å². The number of rotatable bonds is 1. The third kappa shape index (κ3) is 2.00. The molecule has 0 amide bonds. The van der Waals surface area contributed by atoms with Gasteiger partial charge in [0.15, 0.2) is 0 Å². The summed E-state index contributed by atoms with van der Waals surface area (Å²) in [5, 5.41) is 10.1. The Hall–Kier alpha value is -0.0400. The molecule has 4 rings (SSSR count). The molecule has 0 unspecified atom stereocenters. The molecule has 0 saturated heterocycles. The van der Waals surface area contributed by atoms with Crippen LogP contribution in [0.25, 0.3) is 0 Å². The molecule has 0 heterocycles. The van der Waals surface area contributed by atoms with Gasteiger partial charge >= 0.3 is 0 Å². The van der Waals surface area contributed by atoms with Gasteiger partial charge < -0.3 is 5.11 Å². The minimum absolute atomic E-state index is 0.000524. The quantitative estimate of drug-likeness (QED) is 0.686. The topological polar surface area (TPSA) is 20.2 Å². The van der Waals surface area contributed by atoms with E-state index < -0.39 is 0 Å². The normalized spacial score (nSPS) is 57.8. The Morgan fingerprint density at radius 3 is 2.36 bits per heavy atom. The molecule has 0 aromatic heterocycles. The van der Waals surface area contributed by atoms with Crippen molar-refractivity contribution in [1.29, 1.82) is 0 Å². The summed E-state index contributed by atoms with van der Waals surface area (Å²) in [6.45, 7) is 7.68. The maximum Gasteiger partial charge on any atom is 0.0543 e. The van der Waals surface area contributed by atoms with Gasteiger partial charge in [0, 0.05) is 0 Å². The molecule has 1 heteroatoms. The van der Waals surface area contributed by atoms with Gasteiger partial charge in [0.2, 0.25) is 0 Å². The van der Waals surface area contributed by atoms with E-state index in [2.05, 4.69) is 20.8 Å². The molecule has 4 saturated carbocycles. The minimum atomic E-state index is -0.000524. The summed E-state index contributed by atoms with van der Waals surface area (Å²) in [5.74, 6) is 4.79. The van der Waals surface area contributed by atoms with Gasteiger partial charge in [-0.1, -0.05) is 27.2 Å². The summed E-state index contributed by atoms with van der Waals surface area (Å²) >= 11 is 0. The lowest BCUT2D eigenvalue weighted by Crippen LogP contribution is -2.53. The van der Waals surface area contributed by atoms with Gasteiger partial charge in [-0.05, 0) is 98.2 Å². The van der Waals surface area contributed by atoms with E-state index in [0.29, 0.717) is 10.8 Å². The van der Waals surface area contributed by atoms with Crippen molar-refractivity contribution in [2.24, 2.45) is 40.4 Å². The van der Waals surface area contributed by atoms with E-state index in [1.54, 1.807) is 0 Å². The fraction of sp³-hybridized carbons (Fsp3) is 1.00. The lowest BCUT2D eigenvalue weighted by molar-refractivity contribution is -0.126. The van der Waals surface area contributed by atoms with Crippen LogP contribution in [0.15, 0.2) is 0 Å². The maximum atomic E-state index is 10.1. The zero-order valence-corrected chi connectivity index (χ0v) is 15.0. The molecule has 126 valence electrons. The first kappa shape index (κ1) is 15.5. The van der Waals surface area contributed by atoms with Crippen LogP contribution in [0.3, 0.4) is 0 Å². The van der Waals surface area contributed by atoms with E-state index in [9.17, 15) is 5.11 Å². The van der Waals surface area contributed by atoms with Crippen LogP contribution in [-0.4, -0.2) is 11.2 Å². The monoisotopic (exact) mass is 304 g/mol. The molecule has 8 atom stereocenters. The Balaban J connectivity index is 1.61. The standard InChI is InChI=1S/C21H36O/c1-4-14-6-8-18-17-7-5-15-13-16(22)9-11-21(15,3)19(17)10-12-20(14,18)2/h14-19,22H,4-13H2,1-3H3/t14-,15-,16+,17-,18-,19-,20+,21-/m0/s1. The van der Waals surface area contributed by atoms with E-state index in [1.165, 1.54) is 51.4 Å². The Morgan fingerprint density at radius 1 is 0.864 bits per heavy atom. The second-order valence-corrected chi connectivity index (χ2v) is 9.81. The van der Waals surface area contributed by atoms with Crippen LogP contribution in [0.5, 0.6) is 0 Å². The highest BCUT2D eigenvalue weighted by Gasteiger charge is 2.59. The predicted octanol–water partition coefficient (Wildman–Crippen LogP) is 5.42. The van der Waals surface area contributed by atoms with Crippen molar-refractivity contribution in [1.82, 2.24) is 0 Å². The molecule has 1 nitrogen and oxygen atoms in total. The van der Waals surface area contributed by atoms with Crippen LogP contribution < -0.4 is 0 Å². The number of hydrogen-bond donors (Lipinski definition) is 1. The van der Waals surface area contributed by atoms with Gasteiger partial charge in [-0.3, -0.25) is 0 Å². The first-order chi connectivity index (χ1) is 10.5. The summed E-state index contributed by atoms with van der Waals surface area (Å²) in [7, 11) is 0. The number of aliphatic hydroxyl groups excluding tert-OH is 1. The fourth-order valence-electron chi connectivity index (χ4n) is 8.01. The Bertz CT molecular complexity index is 432. The van der Waals surface area contributed by atoms with Gasteiger partial charge in [0.05, 0.1) is 6.10 Å². The molecule has 4 aliphatic rings. The van der Waals surface area contributed by atoms with Crippen LogP contribution in [0.1, 0.15) is 85.0 Å². The highest BCUT2D eigenvalue weighted by atomic mass is 16.3. The van der Waals surface area contributed by atoms with Gasteiger partial charge in [0.25, 0.3) is 0 Å². The number of aliphatic hydroxyl groups is 1. The number of fused-ring (bicyclic) bond motifs is 5. The highest BCUT2D eigenvalue weighted by Crippen LogP contribution is 2.67. The Kier molecular flexibility index (Phi) is 3.68. The van der Waals surface area contributed by atoms with E-state index in [-0.39, 0.29) is 6.10 Å². The smallest absolute Gasteiger partial charge is 0.0543 e. The van der Waals surface area contributed by atoms with Crippen molar-refractivity contribution in [3.05, 3.63) is 0 Å². The van der Waals surface area contributed by atoms with Crippen molar-refractivity contribution in [3.8, 4) is 0 Å². The molecule has 4 aliphatic carbocycles. The first-order valence-corrected chi connectivity index (χ1v) is 10.2. The lowest BCUT2D eigenvalue weighted by atomic mass is 9.44. The molecule has 0 aliphatic heterocycles. The molecule has 1 N–H and O–H groups in total. The van der Waals surface area contributed by atoms with Crippen molar-refractivity contribution in [2.75, 3.05) is 0 Å². The molecular weight excluding hydrogens is 268 g/mol. The zero-order chi connectivity index (χ0) is 15.5. The molecule has 0 aromatic carbocycles. The first-order valence-electron chi connectivity index (χ1n) is 10.2. The summed E-state index contributed by atoms with van der Waals surface area (Å²) in [4.78, 5) is 0. The summed E-state index contributed by atoms with van der Waals surface area (Å²) in [6, 6.07) is 0. The van der Waals surface area contributed by atoms with Crippen molar-refractivity contribution in [3.63, 3.8) is 0 Å². The Labute approximate surface area is 137 Å². The third-order valence-corrected chi connectivity index (χ3v) is 9.33. The molecule has 0 radical (unpaired) electrons. The van der Waals surface area contributed by atoms with Crippen LogP contribution in [-0.2, 0) is 0 Å². The second-order valence-electron chi connectivity index (χ2n) is 9.81. The van der Waals surface area contributed by atoms with Crippen molar-refractivity contribution >= 4 is 0 Å². The van der Waals surface area contributed by atoms with Gasteiger partial charge in [-0.25, -0.2) is 0 Å². The van der Waals surface area contributed by atoms with E-state index in [1.807, 2.05) is 0 Å². The average Bonchev–Trinajstić information content (AvgIpc) is 2.84. The fourth-order valence-corrected chi connectivity index (χ4v) is 8.01. The predicted molar refractivity (Wildman–Crippen MR) is 91.5 cm³/mol. The largest absolute Gasteiger partial charge is 0.393 e. The van der Waals surface area contributed by atoms with Crippen LogP contribution in [0, 0.1) is 40.4 Å². The molecule has 0 bridgehead atoms. The minimum Gasteiger partial charge on any atom is -0.393 e. The number of hydrogen-bond acceptors (Lipinski definition) is 1. The lowest BCUT2D eigenvalue weighted by Gasteiger charge is -2.61. The van der Waals surface area contributed by atoms with Gasteiger partial charge in [-0.2, -0.15) is 0 Å². The summed E-state index contributed by atoms with van der Waals surface area (Å²) in [6.07, 6.45) is 13.7. The molecule has 0 spiro atoms. The van der Waals surface area contributed by atoms with Gasteiger partial charge in [0.1, 0.15) is 0 Å². The molecule has 0 aromatic rings. The van der Waals surface area contributed by atoms with Crippen LogP contribution in [0.2, 0.25) is 0 Å². The summed E-state index contributed by atoms with van der Waals surface area (Å²) in [5.41, 5.74) is 1.21. The van der Waals surface area contributed by atoms with Crippen LogP contribution >= 0.6 is 0 Å². The summed E-state index contributed by atoms with van der Waals surface area (Å²) < 4.78 is 0. The third-order valence-electron chi connectivity index (χ3n) is 9.33. The molecule has 4 fully saturated rings. The van der Waals surface area contributed by atoms with Gasteiger partial charge in [-0.15, -0.1) is 0 Å². The van der Waals surface area contributed by atoms with E-state index in [4.69, 9.17) is 0 Å². The highest BCUT2D eigenvalue weighted by molar-refractivity contribution is 5.08. The molecular formula is C21H36O. The van der Waals surface area contributed by atoms with Crippen LogP contribution in [0.4, 0.5) is 0 Å². The zero-order valence-electron chi connectivity index (χ0n) is 15.0. The average molecular weight is 305 g/mol.